The van der Waals surface area contributed by atoms with Gasteiger partial charge in [-0.1, -0.05) is 95.7 Å². The highest BCUT2D eigenvalue weighted by atomic mass is 31.2. The van der Waals surface area contributed by atoms with Gasteiger partial charge in [0.1, 0.15) is 17.2 Å². The number of hydrogen-bond acceptors (Lipinski definition) is 4. The first kappa shape index (κ1) is 26.0. The van der Waals surface area contributed by atoms with Crippen LogP contribution in [-0.4, -0.2) is 5.11 Å². The van der Waals surface area contributed by atoms with Crippen molar-refractivity contribution in [3.63, 3.8) is 0 Å². The van der Waals surface area contributed by atoms with E-state index in [0.29, 0.717) is 17.1 Å². The molecule has 0 amide bonds. The highest BCUT2D eigenvalue weighted by molar-refractivity contribution is 7.42. The quantitative estimate of drug-likeness (QED) is 0.341. The average molecular weight is 485 g/mol. The SMILES string of the molecule is CC(c1ccccc1)c1cc(O)ccc1OP(OF)Oc1ccc(C(C)(C)C)cc1C(C)(C)C. The third kappa shape index (κ3) is 6.28. The third-order valence-corrected chi connectivity index (χ3v) is 6.62. The molecule has 0 saturated carbocycles. The zero-order chi connectivity index (χ0) is 25.1. The Morgan fingerprint density at radius 1 is 0.794 bits per heavy atom. The van der Waals surface area contributed by atoms with Crippen molar-refractivity contribution in [2.75, 3.05) is 0 Å². The predicted octanol–water partition coefficient (Wildman–Crippen LogP) is 8.72. The molecule has 0 fully saturated rings. The molecule has 4 nitrogen and oxygen atoms in total. The molecule has 0 bridgehead atoms. The first-order chi connectivity index (χ1) is 15.9. The number of hydrogen-bond donors (Lipinski definition) is 1. The van der Waals surface area contributed by atoms with Gasteiger partial charge in [-0.2, -0.15) is 0 Å². The molecule has 0 spiro atoms. The van der Waals surface area contributed by atoms with E-state index in [-0.39, 0.29) is 22.5 Å². The summed E-state index contributed by atoms with van der Waals surface area (Å²) >= 11 is 0. The monoisotopic (exact) mass is 484 g/mol. The summed E-state index contributed by atoms with van der Waals surface area (Å²) in [6, 6.07) is 20.5. The standard InChI is InChI=1S/C28H34FO4P/c1-19(20-11-9-8-10-12-20)23-18-22(30)14-16-25(23)31-34(33-29)32-26-15-13-21(27(2,3)4)17-24(26)28(5,6)7/h8-19,30H,1-7H3. The van der Waals surface area contributed by atoms with Gasteiger partial charge < -0.3 is 14.2 Å². The van der Waals surface area contributed by atoms with Gasteiger partial charge in [0.2, 0.25) is 0 Å². The summed E-state index contributed by atoms with van der Waals surface area (Å²) in [5, 5.41) is 10.1. The van der Waals surface area contributed by atoms with Gasteiger partial charge in [-0.25, -0.2) is 0 Å². The molecule has 0 aliphatic heterocycles. The lowest BCUT2D eigenvalue weighted by atomic mass is 9.80. The summed E-state index contributed by atoms with van der Waals surface area (Å²) in [6.45, 7) is 14.7. The molecule has 3 aromatic carbocycles. The van der Waals surface area contributed by atoms with E-state index >= 15 is 0 Å². The maximum absolute atomic E-state index is 13.7. The van der Waals surface area contributed by atoms with Crippen molar-refractivity contribution in [3.8, 4) is 17.2 Å². The van der Waals surface area contributed by atoms with E-state index in [2.05, 4.69) is 52.3 Å². The van der Waals surface area contributed by atoms with E-state index in [0.717, 1.165) is 16.7 Å². The summed E-state index contributed by atoms with van der Waals surface area (Å²) in [4.78, 5) is 0. The summed E-state index contributed by atoms with van der Waals surface area (Å²) in [5.74, 6) is 0.905. The molecule has 182 valence electrons. The second kappa shape index (κ2) is 10.3. The lowest BCUT2D eigenvalue weighted by Crippen LogP contribution is -2.17. The van der Waals surface area contributed by atoms with Gasteiger partial charge in [0.05, 0.1) is 0 Å². The smallest absolute Gasteiger partial charge is 0.497 e. The molecule has 0 aliphatic rings. The topological polar surface area (TPSA) is 47.9 Å². The molecular weight excluding hydrogens is 450 g/mol. The summed E-state index contributed by atoms with van der Waals surface area (Å²) in [6.07, 6.45) is 0. The van der Waals surface area contributed by atoms with Crippen LogP contribution in [-0.2, 0) is 15.6 Å². The minimum atomic E-state index is -2.38. The van der Waals surface area contributed by atoms with Crippen LogP contribution in [0.15, 0.2) is 66.7 Å². The summed E-state index contributed by atoms with van der Waals surface area (Å²) in [7, 11) is -2.38. The first-order valence-electron chi connectivity index (χ1n) is 11.4. The van der Waals surface area contributed by atoms with Crippen molar-refractivity contribution in [2.45, 2.75) is 65.2 Å². The van der Waals surface area contributed by atoms with Crippen molar-refractivity contribution in [1.82, 2.24) is 0 Å². The minimum absolute atomic E-state index is 0.0368. The fourth-order valence-corrected chi connectivity index (χ4v) is 4.49. The number of phenolic OH excluding ortho intramolecular Hbond substituents is 1. The van der Waals surface area contributed by atoms with E-state index < -0.39 is 8.60 Å². The Balaban J connectivity index is 1.93. The van der Waals surface area contributed by atoms with Gasteiger partial charge in [0.25, 0.3) is 0 Å². The van der Waals surface area contributed by atoms with E-state index in [1.54, 1.807) is 12.1 Å². The highest BCUT2D eigenvalue weighted by Crippen LogP contribution is 2.48. The molecule has 0 saturated heterocycles. The van der Waals surface area contributed by atoms with Crippen LogP contribution in [0.25, 0.3) is 0 Å². The van der Waals surface area contributed by atoms with Gasteiger partial charge in [0.15, 0.2) is 0 Å². The zero-order valence-electron chi connectivity index (χ0n) is 20.9. The van der Waals surface area contributed by atoms with Gasteiger partial charge >= 0.3 is 8.60 Å². The second-order valence-corrected chi connectivity index (χ2v) is 11.5. The largest absolute Gasteiger partial charge is 0.508 e. The van der Waals surface area contributed by atoms with Crippen LogP contribution in [0, 0.1) is 0 Å². The van der Waals surface area contributed by atoms with Crippen LogP contribution in [0.2, 0.25) is 0 Å². The fraction of sp³-hybridized carbons (Fsp3) is 0.357. The molecule has 34 heavy (non-hydrogen) atoms. The second-order valence-electron chi connectivity index (χ2n) is 10.5. The highest BCUT2D eigenvalue weighted by Gasteiger charge is 2.28. The Labute approximate surface area is 203 Å². The molecule has 1 N–H and O–H groups in total. The number of rotatable bonds is 7. The summed E-state index contributed by atoms with van der Waals surface area (Å²) in [5.41, 5.74) is 3.57. The normalized spacial score (nSPS) is 13.9. The molecule has 0 aliphatic carbocycles. The van der Waals surface area contributed by atoms with Crippen molar-refractivity contribution >= 4 is 8.60 Å². The van der Waals surface area contributed by atoms with Crippen LogP contribution in [0.5, 0.6) is 17.2 Å². The number of benzene rings is 3. The number of phenols is 1. The van der Waals surface area contributed by atoms with Crippen LogP contribution < -0.4 is 9.05 Å². The first-order valence-corrected chi connectivity index (χ1v) is 12.5. The van der Waals surface area contributed by atoms with Crippen molar-refractivity contribution in [2.24, 2.45) is 0 Å². The molecule has 0 radical (unpaired) electrons. The van der Waals surface area contributed by atoms with E-state index in [1.165, 1.54) is 6.07 Å². The van der Waals surface area contributed by atoms with Gasteiger partial charge in [-0.3, -0.25) is 0 Å². The molecular formula is C28H34FO4P. The molecule has 2 unspecified atom stereocenters. The zero-order valence-corrected chi connectivity index (χ0v) is 21.8. The Bertz CT molecular complexity index is 1100. The van der Waals surface area contributed by atoms with Crippen LogP contribution in [0.1, 0.15) is 76.6 Å². The maximum Gasteiger partial charge on any atom is 0.497 e. The lowest BCUT2D eigenvalue weighted by molar-refractivity contribution is -0.0159. The van der Waals surface area contributed by atoms with E-state index in [9.17, 15) is 9.63 Å². The Morgan fingerprint density at radius 3 is 2.00 bits per heavy atom. The molecule has 0 aromatic heterocycles. The summed E-state index contributed by atoms with van der Waals surface area (Å²) < 4.78 is 29.7. The molecule has 2 atom stereocenters. The fourth-order valence-electron chi connectivity index (χ4n) is 3.75. The maximum atomic E-state index is 13.7. The lowest BCUT2D eigenvalue weighted by Gasteiger charge is -2.27. The molecule has 0 heterocycles. The Hall–Kier alpha value is -2.62. The Morgan fingerprint density at radius 2 is 1.41 bits per heavy atom. The average Bonchev–Trinajstić information content (AvgIpc) is 2.78. The molecule has 6 heteroatoms. The van der Waals surface area contributed by atoms with Crippen LogP contribution >= 0.6 is 8.60 Å². The van der Waals surface area contributed by atoms with Gasteiger partial charge in [-0.15, -0.1) is 0 Å². The number of aromatic hydroxyl groups is 1. The van der Waals surface area contributed by atoms with E-state index in [4.69, 9.17) is 9.05 Å². The van der Waals surface area contributed by atoms with E-state index in [1.807, 2.05) is 49.4 Å². The molecule has 3 rings (SSSR count). The van der Waals surface area contributed by atoms with Crippen molar-refractivity contribution in [3.05, 3.63) is 89.0 Å². The minimum Gasteiger partial charge on any atom is -0.508 e. The van der Waals surface area contributed by atoms with Gasteiger partial charge in [-0.05, 0) is 50.7 Å². The number of halogens is 1. The third-order valence-electron chi connectivity index (χ3n) is 5.82. The van der Waals surface area contributed by atoms with Crippen LogP contribution in [0.3, 0.4) is 0 Å². The van der Waals surface area contributed by atoms with Crippen molar-refractivity contribution in [1.29, 1.82) is 0 Å². The van der Waals surface area contributed by atoms with Gasteiger partial charge in [0, 0.05) is 17.0 Å². The van der Waals surface area contributed by atoms with Crippen molar-refractivity contribution < 1.29 is 23.4 Å². The predicted molar refractivity (Wildman–Crippen MR) is 136 cm³/mol. The van der Waals surface area contributed by atoms with Crippen LogP contribution in [0.4, 0.5) is 4.53 Å². The molecule has 3 aromatic rings. The Kier molecular flexibility index (Phi) is 7.90.